The molecule has 1 aliphatic carbocycles. The summed E-state index contributed by atoms with van der Waals surface area (Å²) in [7, 11) is 0. The van der Waals surface area contributed by atoms with Crippen LogP contribution in [0.5, 0.6) is 0 Å². The first kappa shape index (κ1) is 15.0. The van der Waals surface area contributed by atoms with Crippen LogP contribution in [0.1, 0.15) is 51.6 Å². The van der Waals surface area contributed by atoms with Crippen molar-refractivity contribution < 1.29 is 4.79 Å². The van der Waals surface area contributed by atoms with E-state index in [1.165, 1.54) is 6.42 Å². The van der Waals surface area contributed by atoms with Crippen molar-refractivity contribution in [2.24, 2.45) is 17.1 Å². The Labute approximate surface area is 121 Å². The van der Waals surface area contributed by atoms with Gasteiger partial charge in [0, 0.05) is 12.1 Å². The van der Waals surface area contributed by atoms with Gasteiger partial charge in [-0.25, -0.2) is 0 Å². The number of carbonyl (C=O) groups is 1. The van der Waals surface area contributed by atoms with Crippen molar-refractivity contribution >= 4 is 5.91 Å². The largest absolute Gasteiger partial charge is 0.353 e. The Balaban J connectivity index is 1.92. The minimum atomic E-state index is -0.245. The molecule has 1 aromatic rings. The Morgan fingerprint density at radius 2 is 2.00 bits per heavy atom. The van der Waals surface area contributed by atoms with E-state index < -0.39 is 0 Å². The second-order valence-electron chi connectivity index (χ2n) is 6.84. The molecule has 3 heteroatoms. The van der Waals surface area contributed by atoms with E-state index in [4.69, 9.17) is 5.73 Å². The summed E-state index contributed by atoms with van der Waals surface area (Å²) in [6, 6.07) is 9.90. The predicted octanol–water partition coefficient (Wildman–Crippen LogP) is 3.02. The number of benzene rings is 1. The number of hydrogen-bond acceptors (Lipinski definition) is 2. The fourth-order valence-corrected chi connectivity index (χ4v) is 3.02. The summed E-state index contributed by atoms with van der Waals surface area (Å²) in [5, 5.41) is 3.17. The van der Waals surface area contributed by atoms with E-state index in [1.54, 1.807) is 0 Å². The molecule has 0 aromatic heterocycles. The first-order valence-electron chi connectivity index (χ1n) is 7.50. The molecule has 1 saturated carbocycles. The first-order valence-corrected chi connectivity index (χ1v) is 7.50. The van der Waals surface area contributed by atoms with Gasteiger partial charge >= 0.3 is 0 Å². The fourth-order valence-electron chi connectivity index (χ4n) is 3.02. The van der Waals surface area contributed by atoms with Crippen LogP contribution >= 0.6 is 0 Å². The summed E-state index contributed by atoms with van der Waals surface area (Å²) in [5.41, 5.74) is 7.57. The van der Waals surface area contributed by atoms with Crippen molar-refractivity contribution in [2.45, 2.75) is 52.1 Å². The van der Waals surface area contributed by atoms with Gasteiger partial charge in [-0.2, -0.15) is 0 Å². The molecular formula is C17H26N2O. The average Bonchev–Trinajstić information content (AvgIpc) is 2.77. The smallest absolute Gasteiger partial charge is 0.224 e. The highest BCUT2D eigenvalue weighted by Crippen LogP contribution is 2.37. The molecule has 1 aliphatic rings. The molecule has 0 aliphatic heterocycles. The van der Waals surface area contributed by atoms with E-state index in [0.29, 0.717) is 11.5 Å². The Hall–Kier alpha value is -1.35. The zero-order valence-electron chi connectivity index (χ0n) is 12.7. The third-order valence-corrected chi connectivity index (χ3v) is 4.45. The highest BCUT2D eigenvalue weighted by Gasteiger charge is 2.33. The Morgan fingerprint density at radius 1 is 1.35 bits per heavy atom. The molecule has 1 amide bonds. The lowest BCUT2D eigenvalue weighted by Crippen LogP contribution is -2.40. The third-order valence-electron chi connectivity index (χ3n) is 4.45. The zero-order valence-corrected chi connectivity index (χ0v) is 12.7. The minimum absolute atomic E-state index is 0.0732. The van der Waals surface area contributed by atoms with E-state index >= 15 is 0 Å². The van der Waals surface area contributed by atoms with E-state index in [9.17, 15) is 4.79 Å². The maximum Gasteiger partial charge on any atom is 0.224 e. The van der Waals surface area contributed by atoms with Crippen molar-refractivity contribution in [1.29, 1.82) is 0 Å². The van der Waals surface area contributed by atoms with Crippen LogP contribution in [0.25, 0.3) is 0 Å². The van der Waals surface area contributed by atoms with E-state index in [2.05, 4.69) is 19.2 Å². The summed E-state index contributed by atoms with van der Waals surface area (Å²) >= 11 is 0. The van der Waals surface area contributed by atoms with Crippen molar-refractivity contribution in [2.75, 3.05) is 0 Å². The lowest BCUT2D eigenvalue weighted by atomic mass is 9.91. The quantitative estimate of drug-likeness (QED) is 0.886. The molecule has 3 atom stereocenters. The van der Waals surface area contributed by atoms with Gasteiger partial charge in [0.2, 0.25) is 5.91 Å². The highest BCUT2D eigenvalue weighted by molar-refractivity contribution is 5.79. The summed E-state index contributed by atoms with van der Waals surface area (Å²) in [6.07, 6.45) is 3.31. The van der Waals surface area contributed by atoms with Crippen molar-refractivity contribution in [3.05, 3.63) is 35.9 Å². The molecule has 0 saturated heterocycles. The number of rotatable bonds is 4. The topological polar surface area (TPSA) is 55.1 Å². The maximum atomic E-state index is 12.3. The fraction of sp³-hybridized carbons (Fsp3) is 0.588. The molecule has 110 valence electrons. The number of nitrogens with two attached hydrogens (primary N) is 1. The van der Waals surface area contributed by atoms with Crippen LogP contribution in [0.2, 0.25) is 0 Å². The van der Waals surface area contributed by atoms with Gasteiger partial charge in [0.05, 0.1) is 5.92 Å². The van der Waals surface area contributed by atoms with E-state index in [1.807, 2.05) is 37.3 Å². The van der Waals surface area contributed by atoms with Gasteiger partial charge in [-0.05, 0) is 30.2 Å². The first-order chi connectivity index (χ1) is 9.39. The van der Waals surface area contributed by atoms with Crippen molar-refractivity contribution in [1.82, 2.24) is 5.32 Å². The zero-order chi connectivity index (χ0) is 14.8. The van der Waals surface area contributed by atoms with Crippen LogP contribution < -0.4 is 11.1 Å². The molecule has 1 aromatic carbocycles. The molecule has 0 heterocycles. The average molecular weight is 274 g/mol. The number of nitrogens with one attached hydrogen (secondary N) is 1. The van der Waals surface area contributed by atoms with Crippen molar-refractivity contribution in [3.63, 3.8) is 0 Å². The lowest BCUT2D eigenvalue weighted by molar-refractivity contribution is -0.125. The van der Waals surface area contributed by atoms with Crippen LogP contribution in [0.4, 0.5) is 0 Å². The van der Waals surface area contributed by atoms with Gasteiger partial charge in [-0.1, -0.05) is 51.1 Å². The number of hydrogen-bond donors (Lipinski definition) is 2. The Morgan fingerprint density at radius 3 is 2.55 bits per heavy atom. The van der Waals surface area contributed by atoms with Gasteiger partial charge < -0.3 is 11.1 Å². The minimum Gasteiger partial charge on any atom is -0.353 e. The van der Waals surface area contributed by atoms with E-state index in [-0.39, 0.29) is 17.9 Å². The standard InChI is InChI=1S/C17H26N2O/c1-12(15(18)13-7-5-4-6-8-13)16(20)19-14-9-10-17(2,3)11-14/h4-8,12,14-15H,9-11,18H2,1-3H3,(H,19,20). The molecule has 3 unspecified atom stereocenters. The van der Waals surface area contributed by atoms with E-state index in [0.717, 1.165) is 18.4 Å². The SMILES string of the molecule is CC(C(=O)NC1CCC(C)(C)C1)C(N)c1ccccc1. The molecule has 20 heavy (non-hydrogen) atoms. The van der Waals surface area contributed by atoms with Gasteiger partial charge in [0.1, 0.15) is 0 Å². The molecule has 3 nitrogen and oxygen atoms in total. The molecule has 1 fully saturated rings. The van der Waals surface area contributed by atoms with Gasteiger partial charge in [0.25, 0.3) is 0 Å². The van der Waals surface area contributed by atoms with Crippen LogP contribution in [0, 0.1) is 11.3 Å². The summed E-state index contributed by atoms with van der Waals surface area (Å²) in [4.78, 5) is 12.3. The summed E-state index contributed by atoms with van der Waals surface area (Å²) < 4.78 is 0. The molecule has 3 N–H and O–H groups in total. The van der Waals surface area contributed by atoms with Crippen LogP contribution in [-0.2, 0) is 4.79 Å². The number of carbonyl (C=O) groups excluding carboxylic acids is 1. The molecule has 0 spiro atoms. The van der Waals surface area contributed by atoms with Gasteiger partial charge in [0.15, 0.2) is 0 Å². The maximum absolute atomic E-state index is 12.3. The summed E-state index contributed by atoms with van der Waals surface area (Å²) in [5.74, 6) is -0.134. The van der Waals surface area contributed by atoms with Crippen LogP contribution in [-0.4, -0.2) is 11.9 Å². The molecule has 2 rings (SSSR count). The monoisotopic (exact) mass is 274 g/mol. The highest BCUT2D eigenvalue weighted by atomic mass is 16.2. The van der Waals surface area contributed by atoms with Crippen LogP contribution in [0.3, 0.4) is 0 Å². The molecular weight excluding hydrogens is 248 g/mol. The second-order valence-corrected chi connectivity index (χ2v) is 6.84. The Kier molecular flexibility index (Phi) is 4.48. The summed E-state index contributed by atoms with van der Waals surface area (Å²) in [6.45, 7) is 6.43. The normalized spacial score (nSPS) is 24.1. The lowest BCUT2D eigenvalue weighted by Gasteiger charge is -2.23. The molecule has 0 radical (unpaired) electrons. The van der Waals surface area contributed by atoms with Crippen LogP contribution in [0.15, 0.2) is 30.3 Å². The third kappa shape index (κ3) is 3.60. The second kappa shape index (κ2) is 5.96. The van der Waals surface area contributed by atoms with Gasteiger partial charge in [-0.3, -0.25) is 4.79 Å². The van der Waals surface area contributed by atoms with Crippen molar-refractivity contribution in [3.8, 4) is 0 Å². The Bertz CT molecular complexity index is 455. The number of amides is 1. The van der Waals surface area contributed by atoms with Gasteiger partial charge in [-0.15, -0.1) is 0 Å². The predicted molar refractivity (Wildman–Crippen MR) is 82.1 cm³/mol. The molecule has 0 bridgehead atoms.